The highest BCUT2D eigenvalue weighted by Crippen LogP contribution is 2.10. The second-order valence-corrected chi connectivity index (χ2v) is 7.10. The van der Waals surface area contributed by atoms with Crippen molar-refractivity contribution in [2.75, 3.05) is 20.3 Å². The minimum absolute atomic E-state index is 0.256. The first-order valence-corrected chi connectivity index (χ1v) is 9.20. The van der Waals surface area contributed by atoms with Crippen LogP contribution < -0.4 is 10.0 Å². The molecule has 6 nitrogen and oxygen atoms in total. The van der Waals surface area contributed by atoms with Crippen molar-refractivity contribution in [3.63, 3.8) is 0 Å². The van der Waals surface area contributed by atoms with E-state index in [1.54, 1.807) is 41.1 Å². The molecule has 2 N–H and O–H groups in total. The number of nitrogens with one attached hydrogen (secondary N) is 2. The van der Waals surface area contributed by atoms with Gasteiger partial charge in [-0.15, -0.1) is 11.3 Å². The normalized spacial score (nSPS) is 11.7. The number of benzene rings is 1. The number of aromatic nitrogens is 1. The molecule has 0 saturated carbocycles. The second kappa shape index (κ2) is 8.35. The maximum atomic E-state index is 12.0. The highest BCUT2D eigenvalue weighted by Gasteiger charge is 2.12. The fourth-order valence-corrected chi connectivity index (χ4v) is 3.38. The molecule has 0 saturated heterocycles. The molecule has 0 bridgehead atoms. The Kier molecular flexibility index (Phi) is 6.47. The van der Waals surface area contributed by atoms with Crippen molar-refractivity contribution >= 4 is 21.4 Å². The maximum absolute atomic E-state index is 12.0. The van der Waals surface area contributed by atoms with Crippen molar-refractivity contribution in [3.8, 4) is 0 Å². The predicted molar refractivity (Wildman–Crippen MR) is 86.2 cm³/mol. The average molecular weight is 341 g/mol. The summed E-state index contributed by atoms with van der Waals surface area (Å²) in [6.07, 6.45) is 0. The summed E-state index contributed by atoms with van der Waals surface area (Å²) >= 11 is 1.56. The number of hydrogen-bond acceptors (Lipinski definition) is 6. The van der Waals surface area contributed by atoms with E-state index in [9.17, 15) is 8.42 Å². The Hall–Kier alpha value is -1.32. The zero-order valence-corrected chi connectivity index (χ0v) is 13.9. The van der Waals surface area contributed by atoms with Gasteiger partial charge in [-0.3, -0.25) is 0 Å². The van der Waals surface area contributed by atoms with Gasteiger partial charge >= 0.3 is 0 Å². The van der Waals surface area contributed by atoms with Crippen LogP contribution in [0, 0.1) is 0 Å². The minimum atomic E-state index is -3.46. The van der Waals surface area contributed by atoms with Gasteiger partial charge in [0.2, 0.25) is 10.0 Å². The number of hydrogen-bond donors (Lipinski definition) is 2. The summed E-state index contributed by atoms with van der Waals surface area (Å²) in [6, 6.07) is 6.82. The molecule has 0 aliphatic rings. The lowest BCUT2D eigenvalue weighted by Crippen LogP contribution is -2.27. The molecule has 0 aliphatic carbocycles. The van der Waals surface area contributed by atoms with Gasteiger partial charge in [0, 0.05) is 32.1 Å². The summed E-state index contributed by atoms with van der Waals surface area (Å²) in [5, 5.41) is 5.26. The number of rotatable bonds is 9. The lowest BCUT2D eigenvalue weighted by Gasteiger charge is -2.08. The Morgan fingerprint density at radius 1 is 1.23 bits per heavy atom. The van der Waals surface area contributed by atoms with Crippen LogP contribution in [-0.2, 0) is 27.8 Å². The molecule has 0 amide bonds. The highest BCUT2D eigenvalue weighted by atomic mass is 32.2. The van der Waals surface area contributed by atoms with Crippen molar-refractivity contribution in [2.24, 2.45) is 0 Å². The zero-order chi connectivity index (χ0) is 15.8. The summed E-state index contributed by atoms with van der Waals surface area (Å²) < 4.78 is 31.3. The maximum Gasteiger partial charge on any atom is 0.240 e. The van der Waals surface area contributed by atoms with Gasteiger partial charge in [-0.2, -0.15) is 0 Å². The Bertz CT molecular complexity index is 655. The third-order valence-electron chi connectivity index (χ3n) is 2.95. The van der Waals surface area contributed by atoms with Crippen LogP contribution in [0.5, 0.6) is 0 Å². The molecule has 2 aromatic rings. The molecule has 1 aromatic heterocycles. The van der Waals surface area contributed by atoms with Crippen molar-refractivity contribution in [1.29, 1.82) is 0 Å². The van der Waals surface area contributed by atoms with Crippen molar-refractivity contribution in [2.45, 2.75) is 18.0 Å². The summed E-state index contributed by atoms with van der Waals surface area (Å²) in [6.45, 7) is 1.96. The van der Waals surface area contributed by atoms with E-state index in [1.165, 1.54) is 7.11 Å². The van der Waals surface area contributed by atoms with Gasteiger partial charge < -0.3 is 10.1 Å². The largest absolute Gasteiger partial charge is 0.383 e. The van der Waals surface area contributed by atoms with E-state index in [4.69, 9.17) is 4.74 Å². The summed E-state index contributed by atoms with van der Waals surface area (Å²) in [5.74, 6) is 0. The summed E-state index contributed by atoms with van der Waals surface area (Å²) in [7, 11) is -1.93. The number of sulfonamides is 1. The van der Waals surface area contributed by atoms with Crippen LogP contribution >= 0.6 is 11.3 Å². The molecule has 0 unspecified atom stereocenters. The molecule has 8 heteroatoms. The van der Waals surface area contributed by atoms with Crippen LogP contribution in [0.3, 0.4) is 0 Å². The average Bonchev–Trinajstić information content (AvgIpc) is 3.01. The third kappa shape index (κ3) is 5.15. The van der Waals surface area contributed by atoms with Gasteiger partial charge in [0.05, 0.1) is 22.7 Å². The summed E-state index contributed by atoms with van der Waals surface area (Å²) in [4.78, 5) is 4.44. The monoisotopic (exact) mass is 341 g/mol. The molecule has 22 heavy (non-hydrogen) atoms. The van der Waals surface area contributed by atoms with E-state index >= 15 is 0 Å². The Morgan fingerprint density at radius 2 is 2.00 bits per heavy atom. The molecular formula is C14H19N3O3S2. The predicted octanol–water partition coefficient (Wildman–Crippen LogP) is 1.36. The highest BCUT2D eigenvalue weighted by molar-refractivity contribution is 7.89. The van der Waals surface area contributed by atoms with E-state index in [-0.39, 0.29) is 11.4 Å². The van der Waals surface area contributed by atoms with E-state index in [0.717, 1.165) is 11.3 Å². The van der Waals surface area contributed by atoms with Crippen molar-refractivity contribution in [3.05, 3.63) is 46.4 Å². The second-order valence-electron chi connectivity index (χ2n) is 4.62. The number of methoxy groups -OCH3 is 1. The quantitative estimate of drug-likeness (QED) is 0.673. The SMILES string of the molecule is COCCNS(=O)(=O)c1ccc(CNCc2cscn2)cc1. The molecule has 0 fully saturated rings. The van der Waals surface area contributed by atoms with Crippen LogP contribution in [0.4, 0.5) is 0 Å². The molecule has 1 heterocycles. The molecule has 0 aliphatic heterocycles. The summed E-state index contributed by atoms with van der Waals surface area (Å²) in [5.41, 5.74) is 3.82. The smallest absolute Gasteiger partial charge is 0.240 e. The molecule has 0 atom stereocenters. The lowest BCUT2D eigenvalue weighted by atomic mass is 10.2. The zero-order valence-electron chi connectivity index (χ0n) is 12.3. The Balaban J connectivity index is 1.86. The van der Waals surface area contributed by atoms with Gasteiger partial charge in [0.25, 0.3) is 0 Å². The lowest BCUT2D eigenvalue weighted by molar-refractivity contribution is 0.204. The first-order valence-electron chi connectivity index (χ1n) is 6.77. The molecule has 120 valence electrons. The van der Waals surface area contributed by atoms with Crippen LogP contribution in [0.2, 0.25) is 0 Å². The fourth-order valence-electron chi connectivity index (χ4n) is 1.81. The molecule has 0 radical (unpaired) electrons. The first kappa shape index (κ1) is 17.0. The van der Waals surface area contributed by atoms with E-state index in [1.807, 2.05) is 5.38 Å². The van der Waals surface area contributed by atoms with Gasteiger partial charge in [-0.25, -0.2) is 18.1 Å². The number of nitrogens with zero attached hydrogens (tertiary/aromatic N) is 1. The molecule has 1 aromatic carbocycles. The first-order chi connectivity index (χ1) is 10.6. The van der Waals surface area contributed by atoms with E-state index in [0.29, 0.717) is 19.7 Å². The van der Waals surface area contributed by atoms with Crippen LogP contribution in [0.25, 0.3) is 0 Å². The minimum Gasteiger partial charge on any atom is -0.383 e. The van der Waals surface area contributed by atoms with Crippen LogP contribution in [0.15, 0.2) is 40.1 Å². The van der Waals surface area contributed by atoms with Gasteiger partial charge in [0.1, 0.15) is 0 Å². The molecule has 0 spiro atoms. The third-order valence-corrected chi connectivity index (χ3v) is 5.06. The van der Waals surface area contributed by atoms with Gasteiger partial charge in [-0.1, -0.05) is 12.1 Å². The topological polar surface area (TPSA) is 80.3 Å². The van der Waals surface area contributed by atoms with Crippen LogP contribution in [0.1, 0.15) is 11.3 Å². The van der Waals surface area contributed by atoms with E-state index < -0.39 is 10.0 Å². The number of ether oxygens (including phenoxy) is 1. The fraction of sp³-hybridized carbons (Fsp3) is 0.357. The van der Waals surface area contributed by atoms with E-state index in [2.05, 4.69) is 15.0 Å². The van der Waals surface area contributed by atoms with Gasteiger partial charge in [-0.05, 0) is 17.7 Å². The Morgan fingerprint density at radius 3 is 2.64 bits per heavy atom. The number of thiazole rings is 1. The van der Waals surface area contributed by atoms with Crippen molar-refractivity contribution < 1.29 is 13.2 Å². The molecule has 2 rings (SSSR count). The van der Waals surface area contributed by atoms with Gasteiger partial charge in [0.15, 0.2) is 0 Å². The van der Waals surface area contributed by atoms with Crippen molar-refractivity contribution in [1.82, 2.24) is 15.0 Å². The standard InChI is InChI=1S/C14H19N3O3S2/c1-20-7-6-17-22(18,19)14-4-2-12(3-5-14)8-15-9-13-10-21-11-16-13/h2-5,10-11,15,17H,6-9H2,1H3. The Labute approximate surface area is 134 Å². The molecular weight excluding hydrogens is 322 g/mol. The van der Waals surface area contributed by atoms with Crippen LogP contribution in [-0.4, -0.2) is 33.7 Å².